The molecule has 0 unspecified atom stereocenters. The molecule has 5 aromatic rings. The monoisotopic (exact) mass is 498 g/mol. The van der Waals surface area contributed by atoms with Crippen molar-refractivity contribution >= 4 is 45.3 Å². The lowest BCUT2D eigenvalue weighted by molar-refractivity contribution is 0.330. The summed E-state index contributed by atoms with van der Waals surface area (Å²) in [4.78, 5) is 16.5. The number of hydrogen-bond acceptors (Lipinski definition) is 7. The van der Waals surface area contributed by atoms with Crippen molar-refractivity contribution in [2.45, 2.75) is 13.5 Å². The maximum Gasteiger partial charge on any atom is 0.242 e. The maximum atomic E-state index is 6.61. The van der Waals surface area contributed by atoms with Crippen LogP contribution in [-0.2, 0) is 6.54 Å². The molecule has 1 aromatic carbocycles. The number of aromatic amines is 1. The molecule has 11 heteroatoms. The lowest BCUT2D eigenvalue weighted by Crippen LogP contribution is -2.02. The number of fused-ring (bicyclic) bond motifs is 2. The summed E-state index contributed by atoms with van der Waals surface area (Å²) in [5.74, 6) is 2.23. The molecule has 0 amide bonds. The highest BCUT2D eigenvalue weighted by molar-refractivity contribution is 6.34. The van der Waals surface area contributed by atoms with Gasteiger partial charge in [-0.1, -0.05) is 23.2 Å². The first-order valence-electron chi connectivity index (χ1n) is 10.4. The summed E-state index contributed by atoms with van der Waals surface area (Å²) < 4.78 is 18.3. The quantitative estimate of drug-likeness (QED) is 0.310. The molecule has 9 nitrogen and oxygen atoms in total. The number of hydrogen-bond donors (Lipinski definition) is 1. The second-order valence-electron chi connectivity index (χ2n) is 7.37. The number of methoxy groups -OCH3 is 2. The first-order valence-corrected chi connectivity index (χ1v) is 11.2. The molecule has 1 N–H and O–H groups in total. The number of imidazole rings is 1. The second-order valence-corrected chi connectivity index (χ2v) is 8.17. The number of nitrogens with zero attached hydrogens (tertiary/aromatic N) is 5. The average molecular weight is 499 g/mol. The first kappa shape index (κ1) is 22.2. The number of aromatic nitrogens is 6. The average Bonchev–Trinajstić information content (AvgIpc) is 3.43. The fraction of sp³-hybridized carbons (Fsp3) is 0.217. The van der Waals surface area contributed by atoms with Crippen LogP contribution in [0.5, 0.6) is 17.4 Å². The van der Waals surface area contributed by atoms with E-state index in [2.05, 4.69) is 19.9 Å². The molecule has 174 valence electrons. The highest BCUT2D eigenvalue weighted by atomic mass is 35.5. The number of halogens is 2. The van der Waals surface area contributed by atoms with E-state index in [0.717, 1.165) is 22.0 Å². The van der Waals surface area contributed by atoms with E-state index in [1.54, 1.807) is 37.2 Å². The number of ether oxygens (including phenoxy) is 3. The van der Waals surface area contributed by atoms with Crippen molar-refractivity contribution < 1.29 is 14.2 Å². The molecule has 0 radical (unpaired) electrons. The van der Waals surface area contributed by atoms with Gasteiger partial charge in [-0.25, -0.2) is 15.0 Å². The topological polar surface area (TPSA) is 100.0 Å². The lowest BCUT2D eigenvalue weighted by atomic mass is 10.0. The molecule has 0 saturated heterocycles. The summed E-state index contributed by atoms with van der Waals surface area (Å²) in [6.45, 7) is 2.74. The molecule has 0 atom stereocenters. The van der Waals surface area contributed by atoms with Crippen molar-refractivity contribution in [2.24, 2.45) is 0 Å². The smallest absolute Gasteiger partial charge is 0.242 e. The van der Waals surface area contributed by atoms with E-state index in [1.165, 1.54) is 0 Å². The minimum atomic E-state index is 0.382. The second kappa shape index (κ2) is 9.00. The molecule has 4 aromatic heterocycles. The lowest BCUT2D eigenvalue weighted by Gasteiger charge is -2.13. The van der Waals surface area contributed by atoms with Crippen molar-refractivity contribution in [2.75, 3.05) is 20.8 Å². The maximum absolute atomic E-state index is 6.61. The van der Waals surface area contributed by atoms with Crippen molar-refractivity contribution in [1.29, 1.82) is 0 Å². The Hall–Kier alpha value is -3.56. The van der Waals surface area contributed by atoms with Crippen LogP contribution in [-0.4, -0.2) is 50.5 Å². The first-order chi connectivity index (χ1) is 16.5. The molecule has 0 aliphatic rings. The van der Waals surface area contributed by atoms with Gasteiger partial charge in [-0.2, -0.15) is 5.10 Å². The number of pyridine rings is 2. The fourth-order valence-corrected chi connectivity index (χ4v) is 4.18. The normalized spacial score (nSPS) is 11.3. The standard InChI is InChI=1S/C23H20Cl2N6O3/c1-4-34-23-21-14(13(9-26-23)12-7-17(32-2)18(33-3)8-15(12)24)10-31(30-21)11-20-27-16-5-6-19(25)28-22(16)29-20/h5-10H,4,11H2,1-3H3,(H,27,28,29). The zero-order chi connectivity index (χ0) is 23.8. The van der Waals surface area contributed by atoms with Crippen molar-refractivity contribution in [3.8, 4) is 28.5 Å². The molecule has 0 bridgehead atoms. The minimum Gasteiger partial charge on any atom is -0.493 e. The molecule has 0 aliphatic carbocycles. The van der Waals surface area contributed by atoms with Gasteiger partial charge in [-0.05, 0) is 25.1 Å². The Labute approximate surface area is 204 Å². The molecule has 0 spiro atoms. The predicted octanol–water partition coefficient (Wildman–Crippen LogP) is 5.14. The van der Waals surface area contributed by atoms with E-state index in [9.17, 15) is 0 Å². The van der Waals surface area contributed by atoms with Gasteiger partial charge < -0.3 is 19.2 Å². The number of rotatable bonds is 7. The van der Waals surface area contributed by atoms with Gasteiger partial charge in [-0.15, -0.1) is 0 Å². The largest absolute Gasteiger partial charge is 0.493 e. The van der Waals surface area contributed by atoms with Gasteiger partial charge in [-0.3, -0.25) is 4.68 Å². The molecular weight excluding hydrogens is 479 g/mol. The van der Waals surface area contributed by atoms with Crippen LogP contribution in [0.15, 0.2) is 36.7 Å². The Balaban J connectivity index is 1.62. The number of H-pyrrole nitrogens is 1. The zero-order valence-corrected chi connectivity index (χ0v) is 20.1. The molecule has 0 saturated carbocycles. The van der Waals surface area contributed by atoms with Gasteiger partial charge in [0.25, 0.3) is 0 Å². The van der Waals surface area contributed by atoms with Gasteiger partial charge in [0.2, 0.25) is 5.88 Å². The summed E-state index contributed by atoms with van der Waals surface area (Å²) in [6.07, 6.45) is 3.63. The van der Waals surface area contributed by atoms with E-state index in [1.807, 2.05) is 25.3 Å². The third kappa shape index (κ3) is 3.97. The SMILES string of the molecule is CCOc1ncc(-c2cc(OC)c(OC)cc2Cl)c2cn(Cc3nc4nc(Cl)ccc4[nH]3)nc12. The van der Waals surface area contributed by atoms with Gasteiger partial charge in [0, 0.05) is 35.0 Å². The Kier molecular flexibility index (Phi) is 5.89. The molecule has 0 fully saturated rings. The van der Waals surface area contributed by atoms with Crippen LogP contribution in [0.2, 0.25) is 10.2 Å². The fourth-order valence-electron chi connectivity index (χ4n) is 3.78. The summed E-state index contributed by atoms with van der Waals surface area (Å²) in [5, 5.41) is 6.44. The Morgan fingerprint density at radius 1 is 1.03 bits per heavy atom. The van der Waals surface area contributed by atoms with Crippen LogP contribution in [0.25, 0.3) is 33.2 Å². The van der Waals surface area contributed by atoms with Crippen molar-refractivity contribution in [3.05, 3.63) is 52.7 Å². The van der Waals surface area contributed by atoms with E-state index in [0.29, 0.717) is 57.7 Å². The third-order valence-corrected chi connectivity index (χ3v) is 5.81. The van der Waals surface area contributed by atoms with Crippen LogP contribution in [0.3, 0.4) is 0 Å². The summed E-state index contributed by atoms with van der Waals surface area (Å²) in [6, 6.07) is 7.10. The van der Waals surface area contributed by atoms with Crippen molar-refractivity contribution in [1.82, 2.24) is 29.7 Å². The van der Waals surface area contributed by atoms with Crippen molar-refractivity contribution in [3.63, 3.8) is 0 Å². The summed E-state index contributed by atoms with van der Waals surface area (Å²) in [5.41, 5.74) is 3.48. The number of nitrogens with one attached hydrogen (secondary N) is 1. The minimum absolute atomic E-state index is 0.382. The van der Waals surface area contributed by atoms with Gasteiger partial charge in [0.1, 0.15) is 11.0 Å². The van der Waals surface area contributed by atoms with Gasteiger partial charge in [0.05, 0.1) is 37.9 Å². The van der Waals surface area contributed by atoms with Crippen LogP contribution < -0.4 is 14.2 Å². The predicted molar refractivity (Wildman–Crippen MR) is 130 cm³/mol. The third-order valence-electron chi connectivity index (χ3n) is 5.28. The molecule has 34 heavy (non-hydrogen) atoms. The van der Waals surface area contributed by atoms with Gasteiger partial charge in [0.15, 0.2) is 22.7 Å². The Morgan fingerprint density at radius 2 is 1.82 bits per heavy atom. The summed E-state index contributed by atoms with van der Waals surface area (Å²) in [7, 11) is 3.14. The van der Waals surface area contributed by atoms with Crippen LogP contribution in [0.4, 0.5) is 0 Å². The van der Waals surface area contributed by atoms with Crippen LogP contribution in [0, 0.1) is 0 Å². The van der Waals surface area contributed by atoms with Gasteiger partial charge >= 0.3 is 0 Å². The van der Waals surface area contributed by atoms with E-state index >= 15 is 0 Å². The van der Waals surface area contributed by atoms with Crippen LogP contribution >= 0.6 is 23.2 Å². The van der Waals surface area contributed by atoms with Crippen LogP contribution in [0.1, 0.15) is 12.7 Å². The molecule has 4 heterocycles. The Bertz CT molecular complexity index is 1510. The Morgan fingerprint density at radius 3 is 2.59 bits per heavy atom. The molecule has 0 aliphatic heterocycles. The highest BCUT2D eigenvalue weighted by Crippen LogP contribution is 2.41. The van der Waals surface area contributed by atoms with E-state index in [4.69, 9.17) is 42.5 Å². The van der Waals surface area contributed by atoms with E-state index in [-0.39, 0.29) is 0 Å². The number of benzene rings is 1. The zero-order valence-electron chi connectivity index (χ0n) is 18.6. The molecule has 5 rings (SSSR count). The highest BCUT2D eigenvalue weighted by Gasteiger charge is 2.19. The summed E-state index contributed by atoms with van der Waals surface area (Å²) >= 11 is 12.6. The van der Waals surface area contributed by atoms with E-state index < -0.39 is 0 Å². The molecular formula is C23H20Cl2N6O3.